The third kappa shape index (κ3) is 3.70. The average Bonchev–Trinajstić information content (AvgIpc) is 2.82. The molecule has 17 heavy (non-hydrogen) atoms. The molecule has 3 nitrogen and oxygen atoms in total. The van der Waals surface area contributed by atoms with Crippen LogP contribution in [-0.2, 0) is 4.79 Å². The van der Waals surface area contributed by atoms with Gasteiger partial charge < -0.3 is 11.1 Å². The minimum absolute atomic E-state index is 0.0762. The fourth-order valence-corrected chi connectivity index (χ4v) is 3.31. The van der Waals surface area contributed by atoms with Gasteiger partial charge in [-0.2, -0.15) is 0 Å². The van der Waals surface area contributed by atoms with E-state index in [9.17, 15) is 4.79 Å². The van der Waals surface area contributed by atoms with Crippen LogP contribution in [0.5, 0.6) is 0 Å². The van der Waals surface area contributed by atoms with Gasteiger partial charge in [-0.3, -0.25) is 4.79 Å². The molecule has 2 fully saturated rings. The molecule has 0 saturated heterocycles. The summed E-state index contributed by atoms with van der Waals surface area (Å²) in [5, 5.41) is 3.09. The van der Waals surface area contributed by atoms with Crippen LogP contribution in [0.15, 0.2) is 0 Å². The zero-order valence-electron chi connectivity index (χ0n) is 10.8. The lowest BCUT2D eigenvalue weighted by Crippen LogP contribution is -2.44. The fourth-order valence-electron chi connectivity index (χ4n) is 3.31. The molecular formula is C14H26N2O. The summed E-state index contributed by atoms with van der Waals surface area (Å²) < 4.78 is 0. The maximum atomic E-state index is 12.0. The van der Waals surface area contributed by atoms with Gasteiger partial charge in [-0.1, -0.05) is 38.5 Å². The van der Waals surface area contributed by atoms with E-state index >= 15 is 0 Å². The second-order valence-corrected chi connectivity index (χ2v) is 5.78. The summed E-state index contributed by atoms with van der Waals surface area (Å²) in [4.78, 5) is 12.0. The van der Waals surface area contributed by atoms with Crippen LogP contribution in [0.25, 0.3) is 0 Å². The topological polar surface area (TPSA) is 55.1 Å². The minimum atomic E-state index is 0.0762. The van der Waals surface area contributed by atoms with Crippen LogP contribution < -0.4 is 11.1 Å². The fraction of sp³-hybridized carbons (Fsp3) is 0.929. The average molecular weight is 238 g/mol. The third-order valence-electron chi connectivity index (χ3n) is 4.48. The van der Waals surface area contributed by atoms with Crippen LogP contribution in [0.3, 0.4) is 0 Å². The second kappa shape index (κ2) is 6.39. The molecular weight excluding hydrogens is 212 g/mol. The Labute approximate surface area is 105 Å². The van der Waals surface area contributed by atoms with Gasteiger partial charge in [0.25, 0.3) is 0 Å². The molecule has 0 bridgehead atoms. The molecule has 0 heterocycles. The number of nitrogens with one attached hydrogen (secondary N) is 1. The number of carbonyl (C=O) groups excluding carboxylic acids is 1. The Hall–Kier alpha value is -0.570. The van der Waals surface area contributed by atoms with Crippen LogP contribution >= 0.6 is 0 Å². The molecule has 1 amide bonds. The first-order valence-electron chi connectivity index (χ1n) is 7.30. The van der Waals surface area contributed by atoms with Crippen molar-refractivity contribution in [1.29, 1.82) is 0 Å². The minimum Gasteiger partial charge on any atom is -0.356 e. The second-order valence-electron chi connectivity index (χ2n) is 5.78. The molecule has 0 aromatic rings. The van der Waals surface area contributed by atoms with Crippen LogP contribution in [0.4, 0.5) is 0 Å². The van der Waals surface area contributed by atoms with E-state index in [0.717, 1.165) is 38.1 Å². The van der Waals surface area contributed by atoms with E-state index < -0.39 is 0 Å². The van der Waals surface area contributed by atoms with E-state index in [1.807, 2.05) is 0 Å². The van der Waals surface area contributed by atoms with Gasteiger partial charge in [0.2, 0.25) is 5.91 Å². The van der Waals surface area contributed by atoms with Crippen molar-refractivity contribution in [2.45, 2.75) is 63.8 Å². The maximum Gasteiger partial charge on any atom is 0.224 e. The summed E-state index contributed by atoms with van der Waals surface area (Å²) in [6, 6.07) is 0.0928. The molecule has 2 aliphatic rings. The Morgan fingerprint density at radius 1 is 1.06 bits per heavy atom. The lowest BCUT2D eigenvalue weighted by atomic mass is 9.84. The quantitative estimate of drug-likeness (QED) is 0.789. The van der Waals surface area contributed by atoms with Gasteiger partial charge in [-0.15, -0.1) is 0 Å². The number of nitrogens with two attached hydrogens (primary N) is 1. The van der Waals surface area contributed by atoms with Crippen molar-refractivity contribution >= 4 is 5.91 Å². The van der Waals surface area contributed by atoms with Crippen LogP contribution in [0.2, 0.25) is 0 Å². The molecule has 0 aromatic carbocycles. The normalized spacial score (nSPS) is 30.4. The molecule has 2 saturated carbocycles. The molecule has 2 atom stereocenters. The predicted molar refractivity (Wildman–Crippen MR) is 69.5 cm³/mol. The first-order chi connectivity index (χ1) is 8.27. The van der Waals surface area contributed by atoms with Gasteiger partial charge in [-0.25, -0.2) is 0 Å². The highest BCUT2D eigenvalue weighted by atomic mass is 16.1. The summed E-state index contributed by atoms with van der Waals surface area (Å²) in [6.07, 6.45) is 11.0. The van der Waals surface area contributed by atoms with Crippen molar-refractivity contribution in [3.63, 3.8) is 0 Å². The summed E-state index contributed by atoms with van der Waals surface area (Å²) in [5.41, 5.74) is 6.01. The van der Waals surface area contributed by atoms with Gasteiger partial charge in [0, 0.05) is 12.6 Å². The molecule has 3 N–H and O–H groups in total. The van der Waals surface area contributed by atoms with E-state index in [4.69, 9.17) is 5.73 Å². The molecule has 2 rings (SSSR count). The lowest BCUT2D eigenvalue weighted by molar-refractivity contribution is -0.126. The largest absolute Gasteiger partial charge is 0.356 e. The molecule has 3 heteroatoms. The highest BCUT2D eigenvalue weighted by molar-refractivity contribution is 5.79. The van der Waals surface area contributed by atoms with E-state index in [1.54, 1.807) is 0 Å². The molecule has 0 spiro atoms. The summed E-state index contributed by atoms with van der Waals surface area (Å²) >= 11 is 0. The van der Waals surface area contributed by atoms with Gasteiger partial charge in [-0.05, 0) is 25.2 Å². The number of carbonyl (C=O) groups is 1. The van der Waals surface area contributed by atoms with Gasteiger partial charge in [0.05, 0.1) is 5.92 Å². The van der Waals surface area contributed by atoms with Crippen molar-refractivity contribution < 1.29 is 4.79 Å². The highest BCUT2D eigenvalue weighted by Gasteiger charge is 2.28. The monoisotopic (exact) mass is 238 g/mol. The van der Waals surface area contributed by atoms with Gasteiger partial charge in [0.15, 0.2) is 0 Å². The third-order valence-corrected chi connectivity index (χ3v) is 4.48. The first kappa shape index (κ1) is 12.9. The standard InChI is InChI=1S/C14H26N2O/c15-13-8-4-3-7-12(13)14(17)16-10-9-11-5-1-2-6-11/h11-13H,1-10,15H2,(H,16,17). The molecule has 0 aliphatic heterocycles. The number of amides is 1. The lowest BCUT2D eigenvalue weighted by Gasteiger charge is -2.27. The summed E-state index contributed by atoms with van der Waals surface area (Å²) in [5.74, 6) is 1.14. The van der Waals surface area contributed by atoms with Crippen molar-refractivity contribution in [2.75, 3.05) is 6.54 Å². The van der Waals surface area contributed by atoms with Gasteiger partial charge in [0.1, 0.15) is 0 Å². The number of hydrogen-bond acceptors (Lipinski definition) is 2. The van der Waals surface area contributed by atoms with E-state index in [1.165, 1.54) is 32.1 Å². The maximum absolute atomic E-state index is 12.0. The summed E-state index contributed by atoms with van der Waals surface area (Å²) in [6.45, 7) is 0.854. The summed E-state index contributed by atoms with van der Waals surface area (Å²) in [7, 11) is 0. The zero-order chi connectivity index (χ0) is 12.1. The smallest absolute Gasteiger partial charge is 0.224 e. The van der Waals surface area contributed by atoms with E-state index in [-0.39, 0.29) is 17.9 Å². The van der Waals surface area contributed by atoms with Crippen molar-refractivity contribution in [1.82, 2.24) is 5.32 Å². The molecule has 2 aliphatic carbocycles. The molecule has 2 unspecified atom stereocenters. The predicted octanol–water partition coefficient (Wildman–Crippen LogP) is 2.20. The Morgan fingerprint density at radius 2 is 1.71 bits per heavy atom. The zero-order valence-corrected chi connectivity index (χ0v) is 10.8. The van der Waals surface area contributed by atoms with Crippen molar-refractivity contribution in [2.24, 2.45) is 17.6 Å². The van der Waals surface area contributed by atoms with E-state index in [2.05, 4.69) is 5.32 Å². The van der Waals surface area contributed by atoms with Crippen LogP contribution in [0, 0.1) is 11.8 Å². The first-order valence-corrected chi connectivity index (χ1v) is 7.30. The highest BCUT2D eigenvalue weighted by Crippen LogP contribution is 2.27. The molecule has 98 valence electrons. The van der Waals surface area contributed by atoms with Crippen molar-refractivity contribution in [3.05, 3.63) is 0 Å². The number of rotatable bonds is 4. The Kier molecular flexibility index (Phi) is 4.84. The molecule has 0 aromatic heterocycles. The van der Waals surface area contributed by atoms with Crippen molar-refractivity contribution in [3.8, 4) is 0 Å². The molecule has 0 radical (unpaired) electrons. The van der Waals surface area contributed by atoms with Crippen LogP contribution in [-0.4, -0.2) is 18.5 Å². The number of hydrogen-bond donors (Lipinski definition) is 2. The van der Waals surface area contributed by atoms with Gasteiger partial charge >= 0.3 is 0 Å². The van der Waals surface area contributed by atoms with E-state index in [0.29, 0.717) is 0 Å². The Balaban J connectivity index is 1.65. The van der Waals surface area contributed by atoms with Crippen LogP contribution in [0.1, 0.15) is 57.8 Å². The Bertz CT molecular complexity index is 249. The SMILES string of the molecule is NC1CCCCC1C(=O)NCCC1CCCC1. The Morgan fingerprint density at radius 3 is 2.41 bits per heavy atom.